The molecule has 0 atom stereocenters. The van der Waals surface area contributed by atoms with Crippen molar-refractivity contribution in [3.8, 4) is 0 Å². The molecule has 0 aliphatic rings. The molecular formula is C17H21NO3. The van der Waals surface area contributed by atoms with Crippen molar-refractivity contribution < 1.29 is 13.9 Å². The second-order valence-electron chi connectivity index (χ2n) is 5.30. The summed E-state index contributed by atoms with van der Waals surface area (Å²) in [6.45, 7) is 9.19. The van der Waals surface area contributed by atoms with Gasteiger partial charge in [0, 0.05) is 17.5 Å². The number of aryl methyl sites for hydroxylation is 1. The summed E-state index contributed by atoms with van der Waals surface area (Å²) in [5.41, 5.74) is 3.84. The van der Waals surface area contributed by atoms with Crippen LogP contribution in [-0.2, 0) is 16.0 Å². The average Bonchev–Trinajstić information content (AvgIpc) is 2.80. The quantitative estimate of drug-likeness (QED) is 0.629. The van der Waals surface area contributed by atoms with Crippen molar-refractivity contribution in [1.82, 2.24) is 5.32 Å². The van der Waals surface area contributed by atoms with Gasteiger partial charge in [0.1, 0.15) is 5.58 Å². The van der Waals surface area contributed by atoms with Gasteiger partial charge in [0.15, 0.2) is 0 Å². The highest BCUT2D eigenvalue weighted by molar-refractivity contribution is 5.87. The third kappa shape index (κ3) is 4.46. The van der Waals surface area contributed by atoms with E-state index in [-0.39, 0.29) is 5.91 Å². The van der Waals surface area contributed by atoms with Crippen LogP contribution in [0.1, 0.15) is 18.1 Å². The fourth-order valence-corrected chi connectivity index (χ4v) is 2.07. The first-order valence-electron chi connectivity index (χ1n) is 7.02. The predicted molar refractivity (Wildman–Crippen MR) is 83.3 cm³/mol. The molecule has 0 unspecified atom stereocenters. The van der Waals surface area contributed by atoms with Crippen molar-refractivity contribution in [2.75, 3.05) is 19.8 Å². The minimum Gasteiger partial charge on any atom is -0.464 e. The number of rotatable bonds is 7. The van der Waals surface area contributed by atoms with E-state index < -0.39 is 0 Å². The van der Waals surface area contributed by atoms with E-state index in [2.05, 4.69) is 11.9 Å². The van der Waals surface area contributed by atoms with Gasteiger partial charge < -0.3 is 14.5 Å². The molecule has 0 bridgehead atoms. The van der Waals surface area contributed by atoms with Crippen LogP contribution in [0, 0.1) is 6.92 Å². The Labute approximate surface area is 124 Å². The van der Waals surface area contributed by atoms with Gasteiger partial charge in [-0.15, -0.1) is 0 Å². The number of fused-ring (bicyclic) bond motifs is 1. The summed E-state index contributed by atoms with van der Waals surface area (Å²) >= 11 is 0. The van der Waals surface area contributed by atoms with E-state index in [4.69, 9.17) is 9.15 Å². The number of amides is 1. The standard InChI is InChI=1S/C17H21NO3/c1-12(2)10-20-7-6-18-17(19)9-14-11-21-16-8-13(3)4-5-15(14)16/h4-5,8,11H,1,6-7,9-10H2,2-3H3,(H,18,19). The van der Waals surface area contributed by atoms with Gasteiger partial charge in [0.05, 0.1) is 25.9 Å². The fourth-order valence-electron chi connectivity index (χ4n) is 2.07. The highest BCUT2D eigenvalue weighted by Gasteiger charge is 2.10. The lowest BCUT2D eigenvalue weighted by molar-refractivity contribution is -0.120. The largest absolute Gasteiger partial charge is 0.464 e. The Hall–Kier alpha value is -2.07. The van der Waals surface area contributed by atoms with Gasteiger partial charge in [0.2, 0.25) is 5.91 Å². The minimum absolute atomic E-state index is 0.0304. The maximum Gasteiger partial charge on any atom is 0.224 e. The van der Waals surface area contributed by atoms with E-state index in [9.17, 15) is 4.79 Å². The topological polar surface area (TPSA) is 51.5 Å². The molecule has 1 amide bonds. The average molecular weight is 287 g/mol. The van der Waals surface area contributed by atoms with Gasteiger partial charge in [-0.05, 0) is 25.5 Å². The molecular weight excluding hydrogens is 266 g/mol. The lowest BCUT2D eigenvalue weighted by atomic mass is 10.1. The van der Waals surface area contributed by atoms with Crippen LogP contribution in [0.4, 0.5) is 0 Å². The van der Waals surface area contributed by atoms with Crippen molar-refractivity contribution in [2.45, 2.75) is 20.3 Å². The van der Waals surface area contributed by atoms with Crippen molar-refractivity contribution in [3.05, 3.63) is 47.7 Å². The molecule has 2 aromatic rings. The van der Waals surface area contributed by atoms with Crippen molar-refractivity contribution in [2.24, 2.45) is 0 Å². The zero-order chi connectivity index (χ0) is 15.2. The van der Waals surface area contributed by atoms with Crippen LogP contribution in [-0.4, -0.2) is 25.7 Å². The Morgan fingerprint density at radius 2 is 2.24 bits per heavy atom. The van der Waals surface area contributed by atoms with Crippen LogP contribution in [0.2, 0.25) is 0 Å². The van der Waals surface area contributed by atoms with Crippen molar-refractivity contribution in [1.29, 1.82) is 0 Å². The molecule has 0 fully saturated rings. The number of furan rings is 1. The molecule has 1 N–H and O–H groups in total. The number of carbonyl (C=O) groups is 1. The molecule has 0 saturated heterocycles. The number of hydrogen-bond acceptors (Lipinski definition) is 3. The maximum absolute atomic E-state index is 11.9. The molecule has 0 aliphatic carbocycles. The second kappa shape index (κ2) is 7.09. The Morgan fingerprint density at radius 1 is 1.43 bits per heavy atom. The molecule has 0 aliphatic heterocycles. The van der Waals surface area contributed by atoms with E-state index in [1.54, 1.807) is 6.26 Å². The molecule has 1 aromatic heterocycles. The lowest BCUT2D eigenvalue weighted by Crippen LogP contribution is -2.28. The number of nitrogens with one attached hydrogen (secondary N) is 1. The summed E-state index contributed by atoms with van der Waals surface area (Å²) < 4.78 is 10.8. The molecule has 0 radical (unpaired) electrons. The number of hydrogen-bond donors (Lipinski definition) is 1. The predicted octanol–water partition coefficient (Wildman–Crippen LogP) is 2.99. The summed E-state index contributed by atoms with van der Waals surface area (Å²) in [7, 11) is 0. The van der Waals surface area contributed by atoms with E-state index in [0.717, 1.165) is 27.7 Å². The summed E-state index contributed by atoms with van der Waals surface area (Å²) in [6.07, 6.45) is 1.97. The summed E-state index contributed by atoms with van der Waals surface area (Å²) in [4.78, 5) is 11.9. The van der Waals surface area contributed by atoms with Gasteiger partial charge in [-0.2, -0.15) is 0 Å². The summed E-state index contributed by atoms with van der Waals surface area (Å²) in [6, 6.07) is 5.99. The third-order valence-electron chi connectivity index (χ3n) is 3.08. The molecule has 112 valence electrons. The van der Waals surface area contributed by atoms with Crippen LogP contribution in [0.25, 0.3) is 11.0 Å². The summed E-state index contributed by atoms with van der Waals surface area (Å²) in [5.74, 6) is -0.0304. The smallest absolute Gasteiger partial charge is 0.224 e. The van der Waals surface area contributed by atoms with Crippen LogP contribution in [0.3, 0.4) is 0 Å². The molecule has 0 saturated carbocycles. The molecule has 1 aromatic carbocycles. The highest BCUT2D eigenvalue weighted by Crippen LogP contribution is 2.22. The normalized spacial score (nSPS) is 10.8. The lowest BCUT2D eigenvalue weighted by Gasteiger charge is -2.06. The van der Waals surface area contributed by atoms with E-state index in [0.29, 0.717) is 26.2 Å². The summed E-state index contributed by atoms with van der Waals surface area (Å²) in [5, 5.41) is 3.83. The molecule has 4 heteroatoms. The molecule has 1 heterocycles. The number of ether oxygens (including phenoxy) is 1. The van der Waals surface area contributed by atoms with Gasteiger partial charge in [-0.3, -0.25) is 4.79 Å². The number of carbonyl (C=O) groups excluding carboxylic acids is 1. The van der Waals surface area contributed by atoms with Gasteiger partial charge in [-0.1, -0.05) is 24.3 Å². The van der Waals surface area contributed by atoms with Crippen molar-refractivity contribution in [3.63, 3.8) is 0 Å². The maximum atomic E-state index is 11.9. The second-order valence-corrected chi connectivity index (χ2v) is 5.30. The Bertz CT molecular complexity index is 643. The molecule has 21 heavy (non-hydrogen) atoms. The molecule has 2 rings (SSSR count). The van der Waals surface area contributed by atoms with E-state index >= 15 is 0 Å². The van der Waals surface area contributed by atoms with E-state index in [1.807, 2.05) is 32.0 Å². The first-order chi connectivity index (χ1) is 10.1. The Morgan fingerprint density at radius 3 is 3.00 bits per heavy atom. The SMILES string of the molecule is C=C(C)COCCNC(=O)Cc1coc2cc(C)ccc12. The highest BCUT2D eigenvalue weighted by atomic mass is 16.5. The van der Waals surface area contributed by atoms with E-state index in [1.165, 1.54) is 0 Å². The first-order valence-corrected chi connectivity index (χ1v) is 7.02. The Balaban J connectivity index is 1.83. The monoisotopic (exact) mass is 287 g/mol. The van der Waals surface area contributed by atoms with Gasteiger partial charge in [-0.25, -0.2) is 0 Å². The van der Waals surface area contributed by atoms with Crippen LogP contribution >= 0.6 is 0 Å². The molecule has 4 nitrogen and oxygen atoms in total. The zero-order valence-electron chi connectivity index (χ0n) is 12.6. The van der Waals surface area contributed by atoms with Crippen molar-refractivity contribution >= 4 is 16.9 Å². The van der Waals surface area contributed by atoms with Gasteiger partial charge >= 0.3 is 0 Å². The first kappa shape index (κ1) is 15.3. The Kier molecular flexibility index (Phi) is 5.17. The van der Waals surface area contributed by atoms with Crippen LogP contribution in [0.15, 0.2) is 41.0 Å². The molecule has 0 spiro atoms. The minimum atomic E-state index is -0.0304. The fraction of sp³-hybridized carbons (Fsp3) is 0.353. The zero-order valence-corrected chi connectivity index (χ0v) is 12.6. The van der Waals surface area contributed by atoms with Crippen LogP contribution < -0.4 is 5.32 Å². The third-order valence-corrected chi connectivity index (χ3v) is 3.08. The number of benzene rings is 1. The van der Waals surface area contributed by atoms with Gasteiger partial charge in [0.25, 0.3) is 0 Å². The van der Waals surface area contributed by atoms with Crippen LogP contribution in [0.5, 0.6) is 0 Å².